The fourth-order valence-electron chi connectivity index (χ4n) is 3.92. The van der Waals surface area contributed by atoms with Crippen LogP contribution in [-0.4, -0.2) is 62.8 Å². The van der Waals surface area contributed by atoms with Gasteiger partial charge in [0.15, 0.2) is 5.65 Å². The van der Waals surface area contributed by atoms with Gasteiger partial charge in [0.05, 0.1) is 25.5 Å². The molecule has 0 radical (unpaired) electrons. The van der Waals surface area contributed by atoms with Crippen LogP contribution < -0.4 is 9.47 Å². The predicted octanol–water partition coefficient (Wildman–Crippen LogP) is 3.22. The number of aryl methyl sites for hydroxylation is 1. The highest BCUT2D eigenvalue weighted by Crippen LogP contribution is 2.29. The van der Waals surface area contributed by atoms with E-state index in [0.717, 1.165) is 19.3 Å². The normalized spacial score (nSPS) is 14.5. The van der Waals surface area contributed by atoms with Gasteiger partial charge in [-0.15, -0.1) is 0 Å². The number of methoxy groups -OCH3 is 1. The standard InChI is InChI=1S/C23H22F2N6O2/c1-13-20-22(29-23(27-13)32-3)31(21(28-20)15-6-16(24)9-26-8-15)10-14-4-5-17(7-19(14)25)33-18-11-30(2)12-18/h4-9,18H,10-12H2,1-3H3. The van der Waals surface area contributed by atoms with Crippen molar-refractivity contribution >= 4 is 11.2 Å². The van der Waals surface area contributed by atoms with E-state index in [0.29, 0.717) is 39.6 Å². The lowest BCUT2D eigenvalue weighted by Gasteiger charge is -2.36. The van der Waals surface area contributed by atoms with Crippen LogP contribution in [0.25, 0.3) is 22.6 Å². The van der Waals surface area contributed by atoms with Gasteiger partial charge in [-0.3, -0.25) is 9.88 Å². The molecule has 0 spiro atoms. The molecular weight excluding hydrogens is 430 g/mol. The number of hydrogen-bond acceptors (Lipinski definition) is 7. The second-order valence-corrected chi connectivity index (χ2v) is 8.10. The van der Waals surface area contributed by atoms with Crippen LogP contribution in [0.4, 0.5) is 8.78 Å². The van der Waals surface area contributed by atoms with Crippen LogP contribution >= 0.6 is 0 Å². The van der Waals surface area contributed by atoms with Crippen LogP contribution in [0, 0.1) is 18.6 Å². The number of imidazole rings is 1. The van der Waals surface area contributed by atoms with Gasteiger partial charge in [0.25, 0.3) is 0 Å². The average molecular weight is 452 g/mol. The van der Waals surface area contributed by atoms with Gasteiger partial charge in [0.1, 0.15) is 34.8 Å². The topological polar surface area (TPSA) is 78.2 Å². The van der Waals surface area contributed by atoms with Crippen molar-refractivity contribution in [3.8, 4) is 23.1 Å². The summed E-state index contributed by atoms with van der Waals surface area (Å²) in [6, 6.07) is 6.31. The molecular formula is C23H22F2N6O2. The molecule has 0 atom stereocenters. The fraction of sp³-hybridized carbons (Fsp3) is 0.304. The van der Waals surface area contributed by atoms with E-state index in [-0.39, 0.29) is 18.7 Å². The third-order valence-corrected chi connectivity index (χ3v) is 5.58. The lowest BCUT2D eigenvalue weighted by Crippen LogP contribution is -2.51. The maximum atomic E-state index is 15.1. The van der Waals surface area contributed by atoms with E-state index in [1.54, 1.807) is 23.6 Å². The Morgan fingerprint density at radius 2 is 1.91 bits per heavy atom. The van der Waals surface area contributed by atoms with Gasteiger partial charge in [0, 0.05) is 36.5 Å². The number of pyridine rings is 1. The number of hydrogen-bond donors (Lipinski definition) is 0. The summed E-state index contributed by atoms with van der Waals surface area (Å²) in [6.07, 6.45) is 2.68. The van der Waals surface area contributed by atoms with Crippen LogP contribution in [0.1, 0.15) is 11.3 Å². The second kappa shape index (κ2) is 8.36. The number of aromatic nitrogens is 5. The van der Waals surface area contributed by atoms with Crippen LogP contribution in [0.3, 0.4) is 0 Å². The van der Waals surface area contributed by atoms with Crippen molar-refractivity contribution in [1.82, 2.24) is 29.4 Å². The van der Waals surface area contributed by atoms with Crippen molar-refractivity contribution in [3.63, 3.8) is 0 Å². The lowest BCUT2D eigenvalue weighted by molar-refractivity contribution is 0.0386. The first kappa shape index (κ1) is 21.2. The Hall–Kier alpha value is -3.66. The van der Waals surface area contributed by atoms with Crippen molar-refractivity contribution in [2.45, 2.75) is 19.6 Å². The molecule has 1 fully saturated rings. The Labute approximate surface area is 188 Å². The van der Waals surface area contributed by atoms with Crippen LogP contribution in [-0.2, 0) is 6.54 Å². The molecule has 0 amide bonds. The summed E-state index contributed by atoms with van der Waals surface area (Å²) in [5.74, 6) is -0.0250. The summed E-state index contributed by atoms with van der Waals surface area (Å²) in [4.78, 5) is 19.4. The summed E-state index contributed by atoms with van der Waals surface area (Å²) in [5.41, 5.74) is 2.42. The minimum absolute atomic E-state index is 0.0667. The van der Waals surface area contributed by atoms with Gasteiger partial charge in [0.2, 0.25) is 0 Å². The minimum Gasteiger partial charge on any atom is -0.488 e. The molecule has 8 nitrogen and oxygen atoms in total. The highest BCUT2D eigenvalue weighted by atomic mass is 19.1. The van der Waals surface area contributed by atoms with Crippen molar-refractivity contribution in [2.75, 3.05) is 27.2 Å². The Bertz CT molecular complexity index is 1340. The smallest absolute Gasteiger partial charge is 0.318 e. The minimum atomic E-state index is -0.499. The summed E-state index contributed by atoms with van der Waals surface area (Å²) < 4.78 is 41.7. The van der Waals surface area contributed by atoms with Gasteiger partial charge in [-0.05, 0) is 26.1 Å². The zero-order valence-electron chi connectivity index (χ0n) is 18.4. The summed E-state index contributed by atoms with van der Waals surface area (Å²) >= 11 is 0. The van der Waals surface area contributed by atoms with Crippen molar-refractivity contribution in [2.24, 2.45) is 0 Å². The second-order valence-electron chi connectivity index (χ2n) is 8.10. The molecule has 1 saturated heterocycles. The molecule has 10 heteroatoms. The molecule has 4 aromatic rings. The fourth-order valence-corrected chi connectivity index (χ4v) is 3.92. The van der Waals surface area contributed by atoms with E-state index >= 15 is 4.39 Å². The summed E-state index contributed by atoms with van der Waals surface area (Å²) in [5, 5.41) is 0. The maximum Gasteiger partial charge on any atom is 0.318 e. The first-order valence-electron chi connectivity index (χ1n) is 10.4. The first-order valence-corrected chi connectivity index (χ1v) is 10.4. The molecule has 0 N–H and O–H groups in total. The number of likely N-dealkylation sites (tertiary alicyclic amines) is 1. The molecule has 33 heavy (non-hydrogen) atoms. The van der Waals surface area contributed by atoms with Crippen LogP contribution in [0.5, 0.6) is 11.8 Å². The Morgan fingerprint density at radius 3 is 2.61 bits per heavy atom. The Morgan fingerprint density at radius 1 is 1.09 bits per heavy atom. The maximum absolute atomic E-state index is 15.1. The van der Waals surface area contributed by atoms with E-state index in [9.17, 15) is 4.39 Å². The van der Waals surface area contributed by atoms with Crippen molar-refractivity contribution in [3.05, 3.63) is 59.6 Å². The highest BCUT2D eigenvalue weighted by Gasteiger charge is 2.25. The van der Waals surface area contributed by atoms with E-state index < -0.39 is 11.6 Å². The SMILES string of the molecule is COc1nc(C)c2nc(-c3cncc(F)c3)n(Cc3ccc(OC4CN(C)C4)cc3F)c2n1. The van der Waals surface area contributed by atoms with Crippen LogP contribution in [0.15, 0.2) is 36.7 Å². The quantitative estimate of drug-likeness (QED) is 0.445. The Balaban J connectivity index is 1.56. The first-order chi connectivity index (χ1) is 15.9. The molecule has 0 aliphatic carbocycles. The predicted molar refractivity (Wildman–Crippen MR) is 117 cm³/mol. The number of likely N-dealkylation sites (N-methyl/N-ethyl adjacent to an activating group) is 1. The number of nitrogens with zero attached hydrogens (tertiary/aromatic N) is 6. The molecule has 3 aromatic heterocycles. The number of halogens is 2. The number of benzene rings is 1. The zero-order valence-corrected chi connectivity index (χ0v) is 18.4. The molecule has 1 aliphatic heterocycles. The third kappa shape index (κ3) is 4.09. The summed E-state index contributed by atoms with van der Waals surface area (Å²) in [6.45, 7) is 3.52. The van der Waals surface area contributed by atoms with Gasteiger partial charge in [-0.2, -0.15) is 9.97 Å². The monoisotopic (exact) mass is 452 g/mol. The van der Waals surface area contributed by atoms with Gasteiger partial charge in [-0.1, -0.05) is 6.07 Å². The van der Waals surface area contributed by atoms with E-state index in [2.05, 4.69) is 24.8 Å². The number of rotatable bonds is 6. The number of ether oxygens (including phenoxy) is 2. The third-order valence-electron chi connectivity index (χ3n) is 5.58. The molecule has 5 rings (SSSR count). The molecule has 0 bridgehead atoms. The van der Waals surface area contributed by atoms with Gasteiger partial charge >= 0.3 is 6.01 Å². The molecule has 1 aromatic carbocycles. The van der Waals surface area contributed by atoms with Crippen LogP contribution in [0.2, 0.25) is 0 Å². The zero-order chi connectivity index (χ0) is 23.1. The van der Waals surface area contributed by atoms with Gasteiger partial charge in [-0.25, -0.2) is 13.8 Å². The lowest BCUT2D eigenvalue weighted by atomic mass is 10.1. The number of fused-ring (bicyclic) bond motifs is 1. The van der Waals surface area contributed by atoms with Crippen molar-refractivity contribution in [1.29, 1.82) is 0 Å². The largest absolute Gasteiger partial charge is 0.488 e. The highest BCUT2D eigenvalue weighted by molar-refractivity contribution is 5.79. The van der Waals surface area contributed by atoms with E-state index in [1.807, 2.05) is 7.05 Å². The molecule has 0 saturated carbocycles. The van der Waals surface area contributed by atoms with Crippen molar-refractivity contribution < 1.29 is 18.3 Å². The molecule has 4 heterocycles. The molecule has 170 valence electrons. The van der Waals surface area contributed by atoms with E-state index in [1.165, 1.54) is 25.4 Å². The van der Waals surface area contributed by atoms with Gasteiger partial charge < -0.3 is 14.0 Å². The molecule has 0 unspecified atom stereocenters. The summed E-state index contributed by atoms with van der Waals surface area (Å²) in [7, 11) is 3.47. The van der Waals surface area contributed by atoms with E-state index in [4.69, 9.17) is 9.47 Å². The molecule has 1 aliphatic rings. The Kier molecular flexibility index (Phi) is 5.37. The average Bonchev–Trinajstić information content (AvgIpc) is 3.13.